The number of halogens is 1. The molecule has 1 aliphatic carbocycles. The molecular weight excluding hydrogens is 248 g/mol. The van der Waals surface area contributed by atoms with Crippen LogP contribution in [0.25, 0.3) is 0 Å². The van der Waals surface area contributed by atoms with Crippen molar-refractivity contribution >= 4 is 23.2 Å². The van der Waals surface area contributed by atoms with Gasteiger partial charge in [-0.25, -0.2) is 5.43 Å². The van der Waals surface area contributed by atoms with E-state index in [0.717, 1.165) is 5.57 Å². The molecule has 4 heteroatoms. The van der Waals surface area contributed by atoms with E-state index in [-0.39, 0.29) is 5.91 Å². The summed E-state index contributed by atoms with van der Waals surface area (Å²) in [4.78, 5) is 11.8. The molecule has 0 spiro atoms. The molecule has 0 atom stereocenters. The van der Waals surface area contributed by atoms with E-state index in [9.17, 15) is 4.79 Å². The first-order valence-corrected chi connectivity index (χ1v) is 5.79. The highest BCUT2D eigenvalue weighted by atomic mass is 35.5. The van der Waals surface area contributed by atoms with E-state index in [1.807, 2.05) is 12.2 Å². The van der Waals surface area contributed by atoms with Crippen molar-refractivity contribution in [2.45, 2.75) is 6.92 Å². The van der Waals surface area contributed by atoms with Gasteiger partial charge in [0, 0.05) is 5.57 Å². The van der Waals surface area contributed by atoms with Gasteiger partial charge in [-0.2, -0.15) is 5.10 Å². The molecule has 0 saturated heterocycles. The van der Waals surface area contributed by atoms with Gasteiger partial charge in [0.15, 0.2) is 0 Å². The topological polar surface area (TPSA) is 41.5 Å². The third kappa shape index (κ3) is 2.77. The molecule has 1 amide bonds. The van der Waals surface area contributed by atoms with Crippen molar-refractivity contribution in [2.24, 2.45) is 5.10 Å². The Bertz CT molecular complexity index is 608. The SMILES string of the molecule is C/C(=N\NC(=O)c1ccccc1Cl)C1=C=CC=C1. The Morgan fingerprint density at radius 2 is 2.17 bits per heavy atom. The standard InChI is InChI=1S/C14H11ClN2O/c1-10(11-6-2-3-7-11)16-17-14(18)12-8-4-5-9-13(12)15/h2-6,8-9H,1H3,(H,17,18)/b16-10+. The maximum absolute atomic E-state index is 11.8. The zero-order valence-corrected chi connectivity index (χ0v) is 10.5. The highest BCUT2D eigenvalue weighted by molar-refractivity contribution is 6.33. The molecule has 0 unspecified atom stereocenters. The number of benzene rings is 1. The third-order valence-electron chi connectivity index (χ3n) is 2.43. The fourth-order valence-corrected chi connectivity index (χ4v) is 1.68. The highest BCUT2D eigenvalue weighted by Gasteiger charge is 2.08. The van der Waals surface area contributed by atoms with Crippen molar-refractivity contribution in [2.75, 3.05) is 0 Å². The molecule has 0 fully saturated rings. The summed E-state index contributed by atoms with van der Waals surface area (Å²) in [6, 6.07) is 6.84. The molecule has 1 aromatic rings. The normalized spacial score (nSPS) is 13.7. The molecule has 1 N–H and O–H groups in total. The van der Waals surface area contributed by atoms with Crippen molar-refractivity contribution in [1.29, 1.82) is 0 Å². The van der Waals surface area contributed by atoms with Crippen LogP contribution in [0.15, 0.2) is 58.9 Å². The zero-order chi connectivity index (χ0) is 13.0. The average molecular weight is 259 g/mol. The summed E-state index contributed by atoms with van der Waals surface area (Å²) in [7, 11) is 0. The Hall–Kier alpha value is -2.09. The lowest BCUT2D eigenvalue weighted by Crippen LogP contribution is -2.19. The van der Waals surface area contributed by atoms with Crippen molar-refractivity contribution in [1.82, 2.24) is 5.43 Å². The Morgan fingerprint density at radius 3 is 2.83 bits per heavy atom. The summed E-state index contributed by atoms with van der Waals surface area (Å²) < 4.78 is 0. The molecule has 0 heterocycles. The fraction of sp³-hybridized carbons (Fsp3) is 0.0714. The second-order valence-electron chi connectivity index (χ2n) is 3.70. The number of rotatable bonds is 3. The highest BCUT2D eigenvalue weighted by Crippen LogP contribution is 2.14. The van der Waals surface area contributed by atoms with Crippen molar-refractivity contribution < 1.29 is 4.79 Å². The van der Waals surface area contributed by atoms with Crippen LogP contribution in [0.5, 0.6) is 0 Å². The molecule has 0 bridgehead atoms. The molecule has 1 aliphatic rings. The summed E-state index contributed by atoms with van der Waals surface area (Å²) in [5.74, 6) is -0.327. The molecular formula is C14H11ClN2O. The molecule has 18 heavy (non-hydrogen) atoms. The van der Waals surface area contributed by atoms with Gasteiger partial charge in [-0.05, 0) is 31.2 Å². The Labute approximate surface area is 110 Å². The van der Waals surface area contributed by atoms with Gasteiger partial charge in [-0.1, -0.05) is 29.8 Å². The fourth-order valence-electron chi connectivity index (χ4n) is 1.46. The predicted octanol–water partition coefficient (Wildman–Crippen LogP) is 3.10. The van der Waals surface area contributed by atoms with Gasteiger partial charge in [0.2, 0.25) is 0 Å². The smallest absolute Gasteiger partial charge is 0.267 e. The van der Waals surface area contributed by atoms with Gasteiger partial charge in [0.05, 0.1) is 16.3 Å². The van der Waals surface area contributed by atoms with E-state index in [0.29, 0.717) is 16.3 Å². The van der Waals surface area contributed by atoms with Gasteiger partial charge in [-0.15, -0.1) is 5.73 Å². The number of hydrazone groups is 1. The van der Waals surface area contributed by atoms with E-state index in [1.165, 1.54) is 0 Å². The zero-order valence-electron chi connectivity index (χ0n) is 9.77. The molecule has 2 rings (SSSR count). The van der Waals surface area contributed by atoms with Crippen LogP contribution >= 0.6 is 11.6 Å². The number of amides is 1. The van der Waals surface area contributed by atoms with Crippen LogP contribution in [0.1, 0.15) is 17.3 Å². The lowest BCUT2D eigenvalue weighted by molar-refractivity contribution is 0.0955. The van der Waals surface area contributed by atoms with Crippen LogP contribution in [-0.2, 0) is 0 Å². The summed E-state index contributed by atoms with van der Waals surface area (Å²) in [6.45, 7) is 1.80. The molecule has 3 nitrogen and oxygen atoms in total. The van der Waals surface area contributed by atoms with Crippen molar-refractivity contribution in [3.63, 3.8) is 0 Å². The predicted molar refractivity (Wildman–Crippen MR) is 72.8 cm³/mol. The van der Waals surface area contributed by atoms with E-state index in [2.05, 4.69) is 16.3 Å². The first-order chi connectivity index (χ1) is 8.68. The Kier molecular flexibility index (Phi) is 3.78. The lowest BCUT2D eigenvalue weighted by atomic mass is 10.2. The number of hydrogen-bond acceptors (Lipinski definition) is 2. The molecule has 0 aliphatic heterocycles. The number of nitrogens with zero attached hydrogens (tertiary/aromatic N) is 1. The van der Waals surface area contributed by atoms with Crippen LogP contribution in [0.4, 0.5) is 0 Å². The summed E-state index contributed by atoms with van der Waals surface area (Å²) in [5.41, 5.74) is 7.43. The van der Waals surface area contributed by atoms with Crippen LogP contribution in [0.2, 0.25) is 5.02 Å². The van der Waals surface area contributed by atoms with Gasteiger partial charge in [0.1, 0.15) is 0 Å². The summed E-state index contributed by atoms with van der Waals surface area (Å²) >= 11 is 5.92. The monoisotopic (exact) mass is 258 g/mol. The molecule has 90 valence electrons. The second kappa shape index (κ2) is 5.50. The Balaban J connectivity index is 2.09. The van der Waals surface area contributed by atoms with Gasteiger partial charge < -0.3 is 0 Å². The number of hydrogen-bond donors (Lipinski definition) is 1. The van der Waals surface area contributed by atoms with Crippen molar-refractivity contribution in [3.8, 4) is 0 Å². The van der Waals surface area contributed by atoms with Crippen LogP contribution in [0.3, 0.4) is 0 Å². The molecule has 0 radical (unpaired) electrons. The average Bonchev–Trinajstić information content (AvgIpc) is 2.90. The molecule has 0 aromatic heterocycles. The van der Waals surface area contributed by atoms with Gasteiger partial charge >= 0.3 is 0 Å². The maximum Gasteiger partial charge on any atom is 0.272 e. The summed E-state index contributed by atoms with van der Waals surface area (Å²) in [6.07, 6.45) is 5.54. The van der Waals surface area contributed by atoms with E-state index < -0.39 is 0 Å². The van der Waals surface area contributed by atoms with Crippen LogP contribution in [-0.4, -0.2) is 11.6 Å². The van der Waals surface area contributed by atoms with Crippen LogP contribution in [0, 0.1) is 0 Å². The van der Waals surface area contributed by atoms with E-state index >= 15 is 0 Å². The Morgan fingerprint density at radius 1 is 1.39 bits per heavy atom. The molecule has 0 saturated carbocycles. The van der Waals surface area contributed by atoms with Gasteiger partial charge in [-0.3, -0.25) is 4.79 Å². The van der Waals surface area contributed by atoms with E-state index in [1.54, 1.807) is 37.3 Å². The quantitative estimate of drug-likeness (QED) is 0.505. The van der Waals surface area contributed by atoms with E-state index in [4.69, 9.17) is 11.6 Å². The number of nitrogens with one attached hydrogen (secondary N) is 1. The minimum Gasteiger partial charge on any atom is -0.267 e. The minimum absolute atomic E-state index is 0.327. The first kappa shape index (κ1) is 12.4. The summed E-state index contributed by atoms with van der Waals surface area (Å²) in [5, 5.41) is 4.42. The van der Waals surface area contributed by atoms with Crippen LogP contribution < -0.4 is 5.43 Å². The first-order valence-electron chi connectivity index (χ1n) is 5.41. The number of allylic oxidation sites excluding steroid dienone is 3. The largest absolute Gasteiger partial charge is 0.272 e. The second-order valence-corrected chi connectivity index (χ2v) is 4.11. The van der Waals surface area contributed by atoms with Gasteiger partial charge in [0.25, 0.3) is 5.91 Å². The lowest BCUT2D eigenvalue weighted by Gasteiger charge is -2.03. The minimum atomic E-state index is -0.327. The molecule has 1 aromatic carbocycles. The maximum atomic E-state index is 11.8. The van der Waals surface area contributed by atoms with Crippen molar-refractivity contribution in [3.05, 3.63) is 64.4 Å². The number of carbonyl (C=O) groups excluding carboxylic acids is 1. The third-order valence-corrected chi connectivity index (χ3v) is 2.76. The number of carbonyl (C=O) groups is 1.